The Morgan fingerprint density at radius 2 is 1.90 bits per heavy atom. The van der Waals surface area contributed by atoms with Gasteiger partial charge < -0.3 is 25.8 Å². The fraction of sp³-hybridized carbons (Fsp3) is 0.385. The smallest absolute Gasteiger partial charge is 0.338 e. The van der Waals surface area contributed by atoms with E-state index in [1.807, 2.05) is 24.3 Å². The summed E-state index contributed by atoms with van der Waals surface area (Å²) in [7, 11) is 0. The van der Waals surface area contributed by atoms with Crippen LogP contribution >= 0.6 is 0 Å². The second kappa shape index (κ2) is 5.58. The van der Waals surface area contributed by atoms with Gasteiger partial charge in [-0.25, -0.2) is 9.59 Å². The largest absolute Gasteiger partial charge is 0.479 e. The molecule has 1 aromatic carbocycles. The second-order valence-corrected chi connectivity index (χ2v) is 4.63. The van der Waals surface area contributed by atoms with Crippen LogP contribution in [-0.2, 0) is 20.7 Å². The molecule has 0 amide bonds. The number of carboxylic acids is 1. The highest BCUT2D eigenvalue weighted by Crippen LogP contribution is 2.31. The average Bonchev–Trinajstić information content (AvgIpc) is 2.74. The first-order valence-corrected chi connectivity index (χ1v) is 6.04. The van der Waals surface area contributed by atoms with Crippen molar-refractivity contribution in [2.24, 2.45) is 5.73 Å². The third-order valence-electron chi connectivity index (χ3n) is 3.30. The summed E-state index contributed by atoms with van der Waals surface area (Å²) in [5.41, 5.74) is 7.72. The predicted octanol–water partition coefficient (Wildman–Crippen LogP) is -1.04. The Bertz CT molecular complexity index is 531. The van der Waals surface area contributed by atoms with Gasteiger partial charge in [0.15, 0.2) is 12.2 Å². The predicted molar refractivity (Wildman–Crippen MR) is 66.6 cm³/mol. The number of carbonyl (C=O) groups is 2. The van der Waals surface area contributed by atoms with E-state index in [2.05, 4.69) is 0 Å². The molecule has 20 heavy (non-hydrogen) atoms. The molecular weight excluding hydrogens is 266 g/mol. The third kappa shape index (κ3) is 2.64. The molecule has 0 bridgehead atoms. The number of ether oxygens (including phenoxy) is 1. The van der Waals surface area contributed by atoms with Gasteiger partial charge in [0.05, 0.1) is 6.04 Å². The normalized spacial score (nSPS) is 23.8. The number of benzene rings is 1. The van der Waals surface area contributed by atoms with Crippen molar-refractivity contribution < 1.29 is 29.6 Å². The number of esters is 1. The lowest BCUT2D eigenvalue weighted by atomic mass is 10.1. The molecular formula is C13H15NO6. The molecule has 1 aromatic rings. The van der Waals surface area contributed by atoms with Gasteiger partial charge in [-0.3, -0.25) is 0 Å². The zero-order chi connectivity index (χ0) is 14.9. The van der Waals surface area contributed by atoms with Crippen molar-refractivity contribution in [3.8, 4) is 0 Å². The van der Waals surface area contributed by atoms with Crippen LogP contribution in [0.4, 0.5) is 0 Å². The van der Waals surface area contributed by atoms with Gasteiger partial charge in [0, 0.05) is 6.42 Å². The van der Waals surface area contributed by atoms with Crippen molar-refractivity contribution in [3.05, 3.63) is 35.4 Å². The first kappa shape index (κ1) is 14.4. The molecule has 0 spiro atoms. The first-order valence-electron chi connectivity index (χ1n) is 6.04. The highest BCUT2D eigenvalue weighted by molar-refractivity contribution is 5.84. The molecule has 108 valence electrons. The summed E-state index contributed by atoms with van der Waals surface area (Å²) in [5.74, 6) is -2.90. The zero-order valence-electron chi connectivity index (χ0n) is 10.5. The monoisotopic (exact) mass is 281 g/mol. The topological polar surface area (TPSA) is 130 Å². The molecule has 0 fully saturated rings. The summed E-state index contributed by atoms with van der Waals surface area (Å²) in [5, 5.41) is 27.0. The van der Waals surface area contributed by atoms with E-state index in [1.165, 1.54) is 0 Å². The molecule has 0 radical (unpaired) electrons. The Morgan fingerprint density at radius 1 is 1.25 bits per heavy atom. The number of carbonyl (C=O) groups excluding carboxylic acids is 1. The SMILES string of the molecule is N[C@H]1c2ccccc2C[C@H]1OC(=O)[C@H](O)[C@@H](O)C(=O)O. The van der Waals surface area contributed by atoms with Crippen molar-refractivity contribution in [2.75, 3.05) is 0 Å². The molecule has 0 heterocycles. The van der Waals surface area contributed by atoms with Gasteiger partial charge in [0.25, 0.3) is 0 Å². The van der Waals surface area contributed by atoms with Crippen LogP contribution in [0.15, 0.2) is 24.3 Å². The number of hydrogen-bond donors (Lipinski definition) is 4. The lowest BCUT2D eigenvalue weighted by Crippen LogP contribution is -2.43. The summed E-state index contributed by atoms with van der Waals surface area (Å²) in [6.07, 6.45) is -4.65. The summed E-state index contributed by atoms with van der Waals surface area (Å²) < 4.78 is 5.00. The van der Waals surface area contributed by atoms with Crippen molar-refractivity contribution >= 4 is 11.9 Å². The van der Waals surface area contributed by atoms with Crippen LogP contribution in [0.25, 0.3) is 0 Å². The summed E-state index contributed by atoms with van der Waals surface area (Å²) >= 11 is 0. The minimum atomic E-state index is -2.22. The molecule has 7 nitrogen and oxygen atoms in total. The van der Waals surface area contributed by atoms with E-state index < -0.39 is 36.3 Å². The van der Waals surface area contributed by atoms with E-state index in [-0.39, 0.29) is 0 Å². The Balaban J connectivity index is 2.02. The highest BCUT2D eigenvalue weighted by Gasteiger charge is 2.37. The maximum absolute atomic E-state index is 11.6. The average molecular weight is 281 g/mol. The lowest BCUT2D eigenvalue weighted by Gasteiger charge is -2.20. The molecule has 0 saturated carbocycles. The maximum Gasteiger partial charge on any atom is 0.338 e. The van der Waals surface area contributed by atoms with E-state index >= 15 is 0 Å². The third-order valence-corrected chi connectivity index (χ3v) is 3.30. The van der Waals surface area contributed by atoms with Crippen LogP contribution in [0.5, 0.6) is 0 Å². The fourth-order valence-corrected chi connectivity index (χ4v) is 2.19. The van der Waals surface area contributed by atoms with E-state index in [9.17, 15) is 14.7 Å². The number of hydrogen-bond acceptors (Lipinski definition) is 6. The van der Waals surface area contributed by atoms with Crippen LogP contribution in [0, 0.1) is 0 Å². The second-order valence-electron chi connectivity index (χ2n) is 4.63. The molecule has 2 rings (SSSR count). The standard InChI is InChI=1S/C13H15NO6/c14-9-7-4-2-1-3-6(7)5-8(9)20-13(19)11(16)10(15)12(17)18/h1-4,8-11,15-16H,5,14H2,(H,17,18)/t8-,9+,10-,11-/m1/s1. The van der Waals surface area contributed by atoms with Crippen molar-refractivity contribution in [1.82, 2.24) is 0 Å². The number of aliphatic hydroxyl groups excluding tert-OH is 2. The van der Waals surface area contributed by atoms with E-state index in [1.54, 1.807) is 0 Å². The molecule has 0 aliphatic heterocycles. The van der Waals surface area contributed by atoms with Gasteiger partial charge in [0.2, 0.25) is 0 Å². The van der Waals surface area contributed by atoms with Crippen molar-refractivity contribution in [3.63, 3.8) is 0 Å². The minimum absolute atomic E-state index is 0.388. The number of fused-ring (bicyclic) bond motifs is 1. The van der Waals surface area contributed by atoms with Crippen LogP contribution in [-0.4, -0.2) is 45.6 Å². The van der Waals surface area contributed by atoms with Crippen molar-refractivity contribution in [1.29, 1.82) is 0 Å². The molecule has 1 aliphatic carbocycles. The minimum Gasteiger partial charge on any atom is -0.479 e. The van der Waals surface area contributed by atoms with E-state index in [4.69, 9.17) is 20.7 Å². The Morgan fingerprint density at radius 3 is 2.50 bits per heavy atom. The molecule has 4 atom stereocenters. The first-order chi connectivity index (χ1) is 9.41. The van der Waals surface area contributed by atoms with Gasteiger partial charge in [-0.15, -0.1) is 0 Å². The zero-order valence-corrected chi connectivity index (χ0v) is 10.5. The maximum atomic E-state index is 11.6. The van der Waals surface area contributed by atoms with Crippen molar-refractivity contribution in [2.45, 2.75) is 30.8 Å². The summed E-state index contributed by atoms with van der Waals surface area (Å²) in [6, 6.07) is 6.77. The van der Waals surface area contributed by atoms with Crippen LogP contribution in [0.2, 0.25) is 0 Å². The molecule has 0 saturated heterocycles. The molecule has 5 N–H and O–H groups in total. The fourth-order valence-electron chi connectivity index (χ4n) is 2.19. The van der Waals surface area contributed by atoms with Crippen LogP contribution in [0.1, 0.15) is 17.2 Å². The molecule has 1 aliphatic rings. The Labute approximate surface area is 114 Å². The molecule has 7 heteroatoms. The highest BCUT2D eigenvalue weighted by atomic mass is 16.6. The van der Waals surface area contributed by atoms with Gasteiger partial charge in [-0.1, -0.05) is 24.3 Å². The number of rotatable bonds is 4. The Hall–Kier alpha value is -1.96. The van der Waals surface area contributed by atoms with E-state index in [0.717, 1.165) is 11.1 Å². The van der Waals surface area contributed by atoms with Gasteiger partial charge in [-0.05, 0) is 11.1 Å². The number of carboxylic acid groups (broad SMARTS) is 1. The lowest BCUT2D eigenvalue weighted by molar-refractivity contribution is -0.173. The number of aliphatic hydroxyl groups is 2. The van der Waals surface area contributed by atoms with Gasteiger partial charge in [0.1, 0.15) is 6.10 Å². The van der Waals surface area contributed by atoms with Gasteiger partial charge in [-0.2, -0.15) is 0 Å². The van der Waals surface area contributed by atoms with Crippen LogP contribution < -0.4 is 5.73 Å². The molecule has 0 unspecified atom stereocenters. The number of aliphatic carboxylic acids is 1. The number of nitrogens with two attached hydrogens (primary N) is 1. The summed E-state index contributed by atoms with van der Waals surface area (Å²) in [4.78, 5) is 22.1. The summed E-state index contributed by atoms with van der Waals surface area (Å²) in [6.45, 7) is 0. The Kier molecular flexibility index (Phi) is 4.03. The quantitative estimate of drug-likeness (QED) is 0.518. The van der Waals surface area contributed by atoms with Gasteiger partial charge >= 0.3 is 11.9 Å². The van der Waals surface area contributed by atoms with Crippen LogP contribution in [0.3, 0.4) is 0 Å². The molecule has 0 aromatic heterocycles. The van der Waals surface area contributed by atoms with E-state index in [0.29, 0.717) is 6.42 Å².